The molecule has 0 fully saturated rings. The van der Waals surface area contributed by atoms with E-state index in [2.05, 4.69) is 36.8 Å². The zero-order valence-electron chi connectivity index (χ0n) is 24.6. The predicted molar refractivity (Wildman–Crippen MR) is 163 cm³/mol. The van der Waals surface area contributed by atoms with Gasteiger partial charge in [0.2, 0.25) is 0 Å². The van der Waals surface area contributed by atoms with Gasteiger partial charge in [-0.1, -0.05) is 27.2 Å². The average Bonchev–Trinajstić information content (AvgIpc) is 3.59. The van der Waals surface area contributed by atoms with Crippen molar-refractivity contribution in [1.82, 2.24) is 19.9 Å². The monoisotopic (exact) mass is 552 g/mol. The van der Waals surface area contributed by atoms with Gasteiger partial charge in [0.05, 0.1) is 39.1 Å². The summed E-state index contributed by atoms with van der Waals surface area (Å²) in [5.74, 6) is 0.167. The average molecular weight is 553 g/mol. The van der Waals surface area contributed by atoms with Crippen molar-refractivity contribution >= 4 is 44.1 Å². The van der Waals surface area contributed by atoms with Crippen LogP contribution in [0.5, 0.6) is 5.95 Å². The molecule has 41 heavy (non-hydrogen) atoms. The third-order valence-electron chi connectivity index (χ3n) is 8.94. The van der Waals surface area contributed by atoms with Crippen LogP contribution >= 0.6 is 0 Å². The molecule has 0 aromatic carbocycles. The van der Waals surface area contributed by atoms with Crippen LogP contribution in [0.15, 0.2) is 33.2 Å². The van der Waals surface area contributed by atoms with Crippen molar-refractivity contribution in [3.05, 3.63) is 73.8 Å². The number of hydrogen-bond donors (Lipinski definition) is 4. The first-order valence-electron chi connectivity index (χ1n) is 14.4. The van der Waals surface area contributed by atoms with E-state index in [-0.39, 0.29) is 17.6 Å². The lowest BCUT2D eigenvalue weighted by molar-refractivity contribution is 0.319. The van der Waals surface area contributed by atoms with E-state index in [0.29, 0.717) is 27.7 Å². The molecular formula is C33H36N4O4. The van der Waals surface area contributed by atoms with Crippen LogP contribution in [0, 0.1) is 6.92 Å². The fourth-order valence-corrected chi connectivity index (χ4v) is 6.69. The lowest BCUT2D eigenvalue weighted by Crippen LogP contribution is -2.03. The number of fused-ring (bicyclic) bond motifs is 8. The van der Waals surface area contributed by atoms with Crippen LogP contribution in [0.4, 0.5) is 0 Å². The maximum absolute atomic E-state index is 13.1. The SMILES string of the molecule is CCCC1=C(C)c2cc3nc(cc4[nH]c(cc5[nH]c6c(c1n2)c(O)oc(=O)c6c5C)[C@H](CC)[C@H]4C)C(=C(C)O)C=3C. The van der Waals surface area contributed by atoms with Crippen molar-refractivity contribution < 1.29 is 14.6 Å². The Balaban J connectivity index is 1.89. The highest BCUT2D eigenvalue weighted by Gasteiger charge is 2.29. The van der Waals surface area contributed by atoms with Gasteiger partial charge in [-0.25, -0.2) is 14.8 Å². The molecule has 0 spiro atoms. The van der Waals surface area contributed by atoms with Crippen LogP contribution in [0.25, 0.3) is 44.1 Å². The van der Waals surface area contributed by atoms with Gasteiger partial charge in [0.1, 0.15) is 5.39 Å². The topological polar surface area (TPSA) is 128 Å². The number of rotatable bonds is 3. The standard InChI is InChI=1S/C33H36N4O4/c1-8-10-20-15(4)22-11-23-16(5)27(18(7)38)26(35-23)13-21-14(3)19(9-2)25(34-21)12-24-17(6)28-31(37-24)29(30(20)36-22)33(40)41-32(28)39/h11-14,19,34,37-38,40H,8-10H2,1-7H3/t14-,19-/m1/s1. The second kappa shape index (κ2) is 9.65. The Morgan fingerprint density at radius 3 is 2.44 bits per heavy atom. The van der Waals surface area contributed by atoms with E-state index in [0.717, 1.165) is 75.1 Å². The van der Waals surface area contributed by atoms with Crippen molar-refractivity contribution in [1.29, 1.82) is 0 Å². The number of aliphatic hydroxyl groups is 1. The normalized spacial score (nSPS) is 19.3. The summed E-state index contributed by atoms with van der Waals surface area (Å²) in [6.07, 6.45) is 2.52. The zero-order valence-corrected chi connectivity index (χ0v) is 24.6. The van der Waals surface area contributed by atoms with Gasteiger partial charge in [-0.3, -0.25) is 0 Å². The molecule has 3 aromatic rings. The van der Waals surface area contributed by atoms with Crippen LogP contribution in [0.1, 0.15) is 107 Å². The molecule has 0 amide bonds. The molecule has 6 heterocycles. The summed E-state index contributed by atoms with van der Waals surface area (Å²) in [6.45, 7) is 14.0. The lowest BCUT2D eigenvalue weighted by atomic mass is 9.89. The summed E-state index contributed by atoms with van der Waals surface area (Å²) in [7, 11) is 0. The maximum atomic E-state index is 13.1. The Labute approximate surface area is 237 Å². The Morgan fingerprint density at radius 2 is 1.76 bits per heavy atom. The Kier molecular flexibility index (Phi) is 6.32. The first kappa shape index (κ1) is 26.9. The van der Waals surface area contributed by atoms with Gasteiger partial charge in [0, 0.05) is 34.3 Å². The smallest absolute Gasteiger partial charge is 0.348 e. The fraction of sp³-hybridized carbons (Fsp3) is 0.364. The maximum Gasteiger partial charge on any atom is 0.348 e. The van der Waals surface area contributed by atoms with Crippen molar-refractivity contribution in [2.24, 2.45) is 0 Å². The van der Waals surface area contributed by atoms with E-state index in [4.69, 9.17) is 14.4 Å². The summed E-state index contributed by atoms with van der Waals surface area (Å²) >= 11 is 0. The molecule has 0 saturated heterocycles. The number of allylic oxidation sites excluding steroid dienone is 4. The van der Waals surface area contributed by atoms with Gasteiger partial charge in [-0.2, -0.15) is 0 Å². The Bertz CT molecular complexity index is 2000. The van der Waals surface area contributed by atoms with Gasteiger partial charge in [0.25, 0.3) is 5.95 Å². The third-order valence-corrected chi connectivity index (χ3v) is 8.94. The first-order chi connectivity index (χ1) is 19.5. The Morgan fingerprint density at radius 1 is 1.00 bits per heavy atom. The minimum atomic E-state index is -0.586. The molecule has 8 heteroatoms. The number of aromatic amines is 2. The molecule has 4 N–H and O–H groups in total. The molecular weight excluding hydrogens is 516 g/mol. The molecule has 3 aliphatic rings. The molecule has 0 saturated carbocycles. The molecule has 3 aliphatic heterocycles. The fourth-order valence-electron chi connectivity index (χ4n) is 6.69. The molecule has 0 unspecified atom stereocenters. The van der Waals surface area contributed by atoms with Crippen LogP contribution < -0.4 is 11.0 Å². The van der Waals surface area contributed by atoms with Crippen LogP contribution in [-0.4, -0.2) is 30.1 Å². The number of H-pyrrole nitrogens is 2. The molecule has 3 aromatic heterocycles. The van der Waals surface area contributed by atoms with E-state index < -0.39 is 11.6 Å². The number of aliphatic hydroxyl groups excluding tert-OH is 1. The highest BCUT2D eigenvalue weighted by molar-refractivity contribution is 6.09. The van der Waals surface area contributed by atoms with Crippen LogP contribution in [0.3, 0.4) is 0 Å². The Hall–Kier alpha value is -4.33. The first-order valence-corrected chi connectivity index (χ1v) is 14.4. The minimum Gasteiger partial charge on any atom is -0.512 e. The molecule has 0 aliphatic carbocycles. The molecule has 8 nitrogen and oxygen atoms in total. The summed E-state index contributed by atoms with van der Waals surface area (Å²) in [6, 6.07) is 6.04. The molecule has 2 atom stereocenters. The summed E-state index contributed by atoms with van der Waals surface area (Å²) in [5, 5.41) is 23.3. The third kappa shape index (κ3) is 3.99. The largest absolute Gasteiger partial charge is 0.512 e. The number of nitrogens with zero attached hydrogens (tertiary/aromatic N) is 2. The van der Waals surface area contributed by atoms with E-state index >= 15 is 0 Å². The number of hydrogen-bond acceptors (Lipinski definition) is 6. The molecule has 6 rings (SSSR count). The van der Waals surface area contributed by atoms with Crippen LogP contribution in [-0.2, 0) is 0 Å². The van der Waals surface area contributed by atoms with Gasteiger partial charge >= 0.3 is 5.63 Å². The van der Waals surface area contributed by atoms with Crippen molar-refractivity contribution in [2.45, 2.75) is 79.6 Å². The second-order valence-corrected chi connectivity index (χ2v) is 11.4. The van der Waals surface area contributed by atoms with Crippen molar-refractivity contribution in [2.75, 3.05) is 0 Å². The highest BCUT2D eigenvalue weighted by atomic mass is 16.5. The molecule has 0 radical (unpaired) electrons. The van der Waals surface area contributed by atoms with Gasteiger partial charge in [0.15, 0.2) is 0 Å². The molecule has 212 valence electrons. The summed E-state index contributed by atoms with van der Waals surface area (Å²) in [4.78, 5) is 30.1. The van der Waals surface area contributed by atoms with E-state index in [1.807, 2.05) is 32.9 Å². The lowest BCUT2D eigenvalue weighted by Gasteiger charge is -2.13. The number of aromatic nitrogens is 4. The molecule has 8 bridgehead atoms. The van der Waals surface area contributed by atoms with E-state index in [1.165, 1.54) is 0 Å². The quantitative estimate of drug-likeness (QED) is 0.257. The number of aromatic hydroxyl groups is 1. The van der Waals surface area contributed by atoms with Gasteiger partial charge in [-0.05, 0) is 81.0 Å². The van der Waals surface area contributed by atoms with Gasteiger partial charge < -0.3 is 24.6 Å². The second-order valence-electron chi connectivity index (χ2n) is 11.4. The van der Waals surface area contributed by atoms with E-state index in [9.17, 15) is 15.0 Å². The summed E-state index contributed by atoms with van der Waals surface area (Å²) in [5.41, 5.74) is 9.08. The summed E-state index contributed by atoms with van der Waals surface area (Å²) < 4.78 is 5.42. The number of nitrogens with one attached hydrogen (secondary N) is 2. The highest BCUT2D eigenvalue weighted by Crippen LogP contribution is 2.42. The van der Waals surface area contributed by atoms with Crippen molar-refractivity contribution in [3.8, 4) is 5.95 Å². The number of aryl methyl sites for hydroxylation is 1. The van der Waals surface area contributed by atoms with Crippen molar-refractivity contribution in [3.63, 3.8) is 0 Å². The predicted octanol–water partition coefficient (Wildman–Crippen LogP) is 7.06. The minimum absolute atomic E-state index is 0.185. The van der Waals surface area contributed by atoms with Gasteiger partial charge in [-0.15, -0.1) is 0 Å². The zero-order chi connectivity index (χ0) is 29.3. The van der Waals surface area contributed by atoms with E-state index in [1.54, 1.807) is 6.92 Å². The van der Waals surface area contributed by atoms with Crippen LogP contribution in [0.2, 0.25) is 0 Å².